The van der Waals surface area contributed by atoms with Gasteiger partial charge in [-0.05, 0) is 42.7 Å². The third-order valence-electron chi connectivity index (χ3n) is 2.95. The average molecular weight is 328 g/mol. The summed E-state index contributed by atoms with van der Waals surface area (Å²) in [5.41, 5.74) is 0.948. The zero-order valence-electron chi connectivity index (χ0n) is 11.2. The molecule has 0 spiro atoms. The number of sulfonamides is 1. The number of benzene rings is 2. The zero-order valence-corrected chi connectivity index (χ0v) is 12.8. The van der Waals surface area contributed by atoms with Crippen LogP contribution in [0.15, 0.2) is 53.4 Å². The molecular formula is C15H15ClFNO2S. The molecule has 0 amide bonds. The van der Waals surface area contributed by atoms with E-state index in [0.29, 0.717) is 5.88 Å². The first-order valence-corrected chi connectivity index (χ1v) is 8.47. The van der Waals surface area contributed by atoms with Crippen molar-refractivity contribution in [2.75, 3.05) is 10.6 Å². The number of halogens is 2. The lowest BCUT2D eigenvalue weighted by Crippen LogP contribution is -2.13. The zero-order chi connectivity index (χ0) is 15.3. The lowest BCUT2D eigenvalue weighted by Gasteiger charge is -2.09. The van der Waals surface area contributed by atoms with Gasteiger partial charge >= 0.3 is 0 Å². The van der Waals surface area contributed by atoms with Crippen LogP contribution >= 0.6 is 11.6 Å². The van der Waals surface area contributed by atoms with Gasteiger partial charge in [-0.3, -0.25) is 4.72 Å². The highest BCUT2D eigenvalue weighted by atomic mass is 35.5. The van der Waals surface area contributed by atoms with Gasteiger partial charge in [-0.15, -0.1) is 11.6 Å². The summed E-state index contributed by atoms with van der Waals surface area (Å²) in [5.74, 6) is -0.0469. The van der Waals surface area contributed by atoms with Gasteiger partial charge in [-0.25, -0.2) is 12.8 Å². The molecule has 0 saturated heterocycles. The molecule has 0 aliphatic carbocycles. The van der Waals surface area contributed by atoms with Crippen molar-refractivity contribution >= 4 is 27.3 Å². The smallest absolute Gasteiger partial charge is 0.261 e. The number of hydrogen-bond donors (Lipinski definition) is 1. The van der Waals surface area contributed by atoms with Gasteiger partial charge in [0.2, 0.25) is 0 Å². The molecule has 21 heavy (non-hydrogen) atoms. The lowest BCUT2D eigenvalue weighted by atomic mass is 10.1. The molecule has 0 bridgehead atoms. The van der Waals surface area contributed by atoms with E-state index in [0.717, 1.165) is 18.4 Å². The number of aryl methyl sites for hydroxylation is 1. The fourth-order valence-electron chi connectivity index (χ4n) is 1.85. The first-order valence-electron chi connectivity index (χ1n) is 6.45. The maximum absolute atomic E-state index is 13.5. The predicted octanol–water partition coefficient (Wildman–Crippen LogP) is 3.80. The summed E-state index contributed by atoms with van der Waals surface area (Å²) in [6.07, 6.45) is 1.63. The predicted molar refractivity (Wildman–Crippen MR) is 82.7 cm³/mol. The summed E-state index contributed by atoms with van der Waals surface area (Å²) < 4.78 is 40.1. The SMILES string of the molecule is O=S(=O)(Nc1ccccc1F)c1ccc(CCCCl)cc1. The van der Waals surface area contributed by atoms with Crippen LogP contribution in [0, 0.1) is 5.82 Å². The molecule has 0 unspecified atom stereocenters. The van der Waals surface area contributed by atoms with Gasteiger partial charge in [-0.2, -0.15) is 0 Å². The van der Waals surface area contributed by atoms with Crippen LogP contribution in [-0.4, -0.2) is 14.3 Å². The van der Waals surface area contributed by atoms with Crippen molar-refractivity contribution in [2.24, 2.45) is 0 Å². The number of nitrogens with one attached hydrogen (secondary N) is 1. The summed E-state index contributed by atoms with van der Waals surface area (Å²) in [5, 5.41) is 0. The molecule has 3 nitrogen and oxygen atoms in total. The van der Waals surface area contributed by atoms with Crippen LogP contribution in [0.4, 0.5) is 10.1 Å². The maximum atomic E-state index is 13.5. The Balaban J connectivity index is 2.18. The van der Waals surface area contributed by atoms with E-state index in [4.69, 9.17) is 11.6 Å². The van der Waals surface area contributed by atoms with Crippen LogP contribution < -0.4 is 4.72 Å². The molecule has 2 aromatic carbocycles. The van der Waals surface area contributed by atoms with Crippen LogP contribution in [0.5, 0.6) is 0 Å². The maximum Gasteiger partial charge on any atom is 0.261 e. The number of anilines is 1. The van der Waals surface area contributed by atoms with E-state index in [1.807, 2.05) is 0 Å². The van der Waals surface area contributed by atoms with Gasteiger partial charge < -0.3 is 0 Å². The monoisotopic (exact) mass is 327 g/mol. The standard InChI is InChI=1S/C15H15ClFNO2S/c16-11-3-4-12-7-9-13(10-8-12)21(19,20)18-15-6-2-1-5-14(15)17/h1-2,5-10,18H,3-4,11H2. The van der Waals surface area contributed by atoms with Crippen LogP contribution in [0.1, 0.15) is 12.0 Å². The fourth-order valence-corrected chi connectivity index (χ4v) is 3.05. The Hall–Kier alpha value is -1.59. The van der Waals surface area contributed by atoms with Crippen molar-refractivity contribution in [3.05, 3.63) is 59.9 Å². The Morgan fingerprint density at radius 2 is 1.71 bits per heavy atom. The Morgan fingerprint density at radius 1 is 1.05 bits per heavy atom. The van der Waals surface area contributed by atoms with Crippen molar-refractivity contribution in [3.8, 4) is 0 Å². The summed E-state index contributed by atoms with van der Waals surface area (Å²) in [7, 11) is -3.79. The Labute approximate surface area is 128 Å². The second kappa shape index (κ2) is 6.91. The van der Waals surface area contributed by atoms with E-state index in [1.165, 1.54) is 30.3 Å². The first-order chi connectivity index (χ1) is 10.0. The minimum Gasteiger partial charge on any atom is -0.277 e. The van der Waals surface area contributed by atoms with E-state index < -0.39 is 15.8 Å². The molecule has 2 aromatic rings. The summed E-state index contributed by atoms with van der Waals surface area (Å²) in [6, 6.07) is 12.1. The van der Waals surface area contributed by atoms with Crippen LogP contribution in [-0.2, 0) is 16.4 Å². The van der Waals surface area contributed by atoms with Gasteiger partial charge in [0.1, 0.15) is 5.82 Å². The van der Waals surface area contributed by atoms with Crippen molar-refractivity contribution in [3.63, 3.8) is 0 Å². The van der Waals surface area contributed by atoms with Crippen molar-refractivity contribution < 1.29 is 12.8 Å². The summed E-state index contributed by atoms with van der Waals surface area (Å²) in [6.45, 7) is 0. The van der Waals surface area contributed by atoms with E-state index >= 15 is 0 Å². The molecule has 0 heterocycles. The van der Waals surface area contributed by atoms with Gasteiger partial charge in [0.25, 0.3) is 10.0 Å². The molecule has 0 saturated carbocycles. The second-order valence-electron chi connectivity index (χ2n) is 4.52. The van der Waals surface area contributed by atoms with Gasteiger partial charge in [0, 0.05) is 5.88 Å². The minimum absolute atomic E-state index is 0.0660. The van der Waals surface area contributed by atoms with Crippen molar-refractivity contribution in [1.82, 2.24) is 0 Å². The van der Waals surface area contributed by atoms with Crippen LogP contribution in [0.2, 0.25) is 0 Å². The molecule has 0 fully saturated rings. The number of alkyl halides is 1. The highest BCUT2D eigenvalue weighted by molar-refractivity contribution is 7.92. The second-order valence-corrected chi connectivity index (χ2v) is 6.58. The number of hydrogen-bond acceptors (Lipinski definition) is 2. The first kappa shape index (κ1) is 15.8. The largest absolute Gasteiger partial charge is 0.277 e. The van der Waals surface area contributed by atoms with Crippen LogP contribution in [0.25, 0.3) is 0 Å². The number of para-hydroxylation sites is 1. The van der Waals surface area contributed by atoms with Gasteiger partial charge in [-0.1, -0.05) is 24.3 Å². The van der Waals surface area contributed by atoms with Gasteiger partial charge in [0.05, 0.1) is 10.6 Å². The molecular weight excluding hydrogens is 313 g/mol. The molecule has 0 aromatic heterocycles. The topological polar surface area (TPSA) is 46.2 Å². The van der Waals surface area contributed by atoms with E-state index in [9.17, 15) is 12.8 Å². The average Bonchev–Trinajstić information content (AvgIpc) is 2.48. The summed E-state index contributed by atoms with van der Waals surface area (Å²) >= 11 is 5.62. The molecule has 1 N–H and O–H groups in total. The Morgan fingerprint density at radius 3 is 2.33 bits per heavy atom. The normalized spacial score (nSPS) is 11.3. The molecule has 2 rings (SSSR count). The molecule has 0 aliphatic heterocycles. The van der Waals surface area contributed by atoms with E-state index in [1.54, 1.807) is 18.2 Å². The van der Waals surface area contributed by atoms with Crippen molar-refractivity contribution in [2.45, 2.75) is 17.7 Å². The molecule has 0 aliphatic rings. The summed E-state index contributed by atoms with van der Waals surface area (Å²) in [4.78, 5) is 0.0976. The molecule has 0 radical (unpaired) electrons. The molecule has 6 heteroatoms. The lowest BCUT2D eigenvalue weighted by molar-refractivity contribution is 0.598. The van der Waals surface area contributed by atoms with Crippen molar-refractivity contribution in [1.29, 1.82) is 0 Å². The third-order valence-corrected chi connectivity index (χ3v) is 4.60. The van der Waals surface area contributed by atoms with Gasteiger partial charge in [0.15, 0.2) is 0 Å². The Bertz CT molecular complexity index is 702. The molecule has 112 valence electrons. The minimum atomic E-state index is -3.79. The third kappa shape index (κ3) is 4.19. The van der Waals surface area contributed by atoms with E-state index in [2.05, 4.69) is 4.72 Å². The highest BCUT2D eigenvalue weighted by Crippen LogP contribution is 2.19. The molecule has 0 atom stereocenters. The quantitative estimate of drug-likeness (QED) is 0.820. The van der Waals surface area contributed by atoms with E-state index in [-0.39, 0.29) is 10.6 Å². The fraction of sp³-hybridized carbons (Fsp3) is 0.200. The van der Waals surface area contributed by atoms with Crippen LogP contribution in [0.3, 0.4) is 0 Å². The Kier molecular flexibility index (Phi) is 5.20. The highest BCUT2D eigenvalue weighted by Gasteiger charge is 2.15. The number of rotatable bonds is 6.